The molecule has 0 spiro atoms. The Bertz CT molecular complexity index is 557. The Labute approximate surface area is 115 Å². The maximum Gasteiger partial charge on any atom is 0.296 e. The van der Waals surface area contributed by atoms with Gasteiger partial charge in [0.15, 0.2) is 5.82 Å². The molecular weight excluding hydrogens is 264 g/mol. The molecule has 2 aromatic rings. The summed E-state index contributed by atoms with van der Waals surface area (Å²) in [6.45, 7) is 6.70. The van der Waals surface area contributed by atoms with Gasteiger partial charge >= 0.3 is 0 Å². The smallest absolute Gasteiger partial charge is 0.296 e. The van der Waals surface area contributed by atoms with Crippen molar-refractivity contribution in [3.05, 3.63) is 35.4 Å². The van der Waals surface area contributed by atoms with Crippen molar-refractivity contribution < 1.29 is 8.78 Å². The molecule has 2 N–H and O–H groups in total. The summed E-state index contributed by atoms with van der Waals surface area (Å²) < 4.78 is 24.7. The second kappa shape index (κ2) is 5.52. The Morgan fingerprint density at radius 3 is 2.55 bits per heavy atom. The van der Waals surface area contributed by atoms with Crippen molar-refractivity contribution in [1.29, 1.82) is 0 Å². The lowest BCUT2D eigenvalue weighted by Gasteiger charge is -2.17. The predicted molar refractivity (Wildman–Crippen MR) is 71.6 cm³/mol. The summed E-state index contributed by atoms with van der Waals surface area (Å²) in [5, 5.41) is 8.71. The molecule has 2 heterocycles. The number of pyridine rings is 1. The second-order valence-electron chi connectivity index (χ2n) is 5.50. The number of rotatable bonds is 4. The van der Waals surface area contributed by atoms with Crippen molar-refractivity contribution in [3.63, 3.8) is 0 Å². The number of nitrogens with one attached hydrogen (secondary N) is 2. The van der Waals surface area contributed by atoms with E-state index in [1.54, 1.807) is 6.20 Å². The SMILES string of the molecule is CC(C)(C)c1ccc(CNc2n[nH]c(C(F)F)n2)cn1. The molecule has 108 valence electrons. The maximum absolute atomic E-state index is 12.3. The van der Waals surface area contributed by atoms with E-state index in [2.05, 4.69) is 46.3 Å². The molecule has 20 heavy (non-hydrogen) atoms. The summed E-state index contributed by atoms with van der Waals surface area (Å²) in [6, 6.07) is 3.90. The average Bonchev–Trinajstić information content (AvgIpc) is 2.85. The van der Waals surface area contributed by atoms with Gasteiger partial charge in [-0.2, -0.15) is 4.98 Å². The summed E-state index contributed by atoms with van der Waals surface area (Å²) >= 11 is 0. The van der Waals surface area contributed by atoms with Gasteiger partial charge in [0.1, 0.15) is 0 Å². The number of hydrogen-bond acceptors (Lipinski definition) is 4. The lowest BCUT2D eigenvalue weighted by molar-refractivity contribution is 0.141. The highest BCUT2D eigenvalue weighted by atomic mass is 19.3. The van der Waals surface area contributed by atoms with Crippen molar-refractivity contribution in [2.45, 2.75) is 39.2 Å². The van der Waals surface area contributed by atoms with E-state index in [0.717, 1.165) is 11.3 Å². The van der Waals surface area contributed by atoms with Crippen molar-refractivity contribution in [1.82, 2.24) is 20.2 Å². The van der Waals surface area contributed by atoms with Crippen LogP contribution in [0.25, 0.3) is 0 Å². The summed E-state index contributed by atoms with van der Waals surface area (Å²) in [6.07, 6.45) is -0.889. The van der Waals surface area contributed by atoms with Crippen molar-refractivity contribution in [2.75, 3.05) is 5.32 Å². The second-order valence-corrected chi connectivity index (χ2v) is 5.50. The van der Waals surface area contributed by atoms with Gasteiger partial charge in [0, 0.05) is 23.9 Å². The van der Waals surface area contributed by atoms with Crippen LogP contribution in [0.2, 0.25) is 0 Å². The Morgan fingerprint density at radius 1 is 1.30 bits per heavy atom. The molecular formula is C13H17F2N5. The van der Waals surface area contributed by atoms with Gasteiger partial charge in [-0.3, -0.25) is 10.1 Å². The molecule has 2 rings (SSSR count). The Kier molecular flexibility index (Phi) is 3.96. The van der Waals surface area contributed by atoms with E-state index < -0.39 is 12.2 Å². The largest absolute Gasteiger partial charge is 0.349 e. The molecule has 0 radical (unpaired) electrons. The zero-order valence-electron chi connectivity index (χ0n) is 11.6. The first-order chi connectivity index (χ1) is 9.36. The van der Waals surface area contributed by atoms with E-state index in [-0.39, 0.29) is 11.4 Å². The number of alkyl halides is 2. The molecule has 0 saturated heterocycles. The van der Waals surface area contributed by atoms with Crippen molar-refractivity contribution >= 4 is 5.95 Å². The Hall–Kier alpha value is -2.05. The number of H-pyrrole nitrogens is 1. The van der Waals surface area contributed by atoms with Gasteiger partial charge in [0.2, 0.25) is 5.95 Å². The highest BCUT2D eigenvalue weighted by Gasteiger charge is 2.15. The van der Waals surface area contributed by atoms with Crippen LogP contribution in [0.5, 0.6) is 0 Å². The molecule has 0 aromatic carbocycles. The number of hydrogen-bond donors (Lipinski definition) is 2. The topological polar surface area (TPSA) is 66.5 Å². The zero-order valence-corrected chi connectivity index (χ0v) is 11.6. The third-order valence-electron chi connectivity index (χ3n) is 2.75. The fourth-order valence-corrected chi connectivity index (χ4v) is 1.60. The highest BCUT2D eigenvalue weighted by Crippen LogP contribution is 2.20. The first kappa shape index (κ1) is 14.4. The van der Waals surface area contributed by atoms with Gasteiger partial charge in [-0.25, -0.2) is 8.78 Å². The summed E-state index contributed by atoms with van der Waals surface area (Å²) in [4.78, 5) is 8.02. The molecule has 0 bridgehead atoms. The van der Waals surface area contributed by atoms with E-state index in [9.17, 15) is 8.78 Å². The molecule has 7 heteroatoms. The summed E-state index contributed by atoms with van der Waals surface area (Å²) in [5.41, 5.74) is 1.93. The van der Waals surface area contributed by atoms with Gasteiger partial charge in [-0.1, -0.05) is 26.8 Å². The van der Waals surface area contributed by atoms with Crippen LogP contribution in [0.3, 0.4) is 0 Å². The normalized spacial score (nSPS) is 11.9. The van der Waals surface area contributed by atoms with Crippen LogP contribution >= 0.6 is 0 Å². The molecule has 0 saturated carbocycles. The van der Waals surface area contributed by atoms with E-state index in [1.165, 1.54) is 0 Å². The molecule has 0 amide bonds. The first-order valence-corrected chi connectivity index (χ1v) is 6.26. The lowest BCUT2D eigenvalue weighted by atomic mass is 9.91. The minimum absolute atomic E-state index is 0.00186. The summed E-state index contributed by atoms with van der Waals surface area (Å²) in [5.74, 6) is -0.283. The maximum atomic E-state index is 12.3. The van der Waals surface area contributed by atoms with Crippen LogP contribution in [0.1, 0.15) is 44.3 Å². The van der Waals surface area contributed by atoms with Gasteiger partial charge < -0.3 is 5.32 Å². The number of aromatic amines is 1. The molecule has 0 aliphatic rings. The van der Waals surface area contributed by atoms with Gasteiger partial charge in [-0.15, -0.1) is 5.10 Å². The fraction of sp³-hybridized carbons (Fsp3) is 0.462. The van der Waals surface area contributed by atoms with E-state index in [0.29, 0.717) is 6.54 Å². The molecule has 0 aliphatic heterocycles. The van der Waals surface area contributed by atoms with Crippen molar-refractivity contribution in [3.8, 4) is 0 Å². The number of halogens is 2. The molecule has 5 nitrogen and oxygen atoms in total. The van der Waals surface area contributed by atoms with Gasteiger partial charge in [-0.05, 0) is 11.6 Å². The zero-order chi connectivity index (χ0) is 14.8. The number of aromatic nitrogens is 4. The minimum atomic E-state index is -2.65. The molecule has 0 fully saturated rings. The van der Waals surface area contributed by atoms with E-state index in [1.807, 2.05) is 12.1 Å². The van der Waals surface area contributed by atoms with Gasteiger partial charge in [0.05, 0.1) is 0 Å². The third kappa shape index (κ3) is 3.49. The number of anilines is 1. The third-order valence-corrected chi connectivity index (χ3v) is 2.75. The lowest BCUT2D eigenvalue weighted by Crippen LogP contribution is -2.13. The Morgan fingerprint density at radius 2 is 2.05 bits per heavy atom. The molecule has 0 unspecified atom stereocenters. The fourth-order valence-electron chi connectivity index (χ4n) is 1.60. The monoisotopic (exact) mass is 281 g/mol. The molecule has 0 aliphatic carbocycles. The van der Waals surface area contributed by atoms with Crippen LogP contribution in [0.15, 0.2) is 18.3 Å². The van der Waals surface area contributed by atoms with Crippen molar-refractivity contribution in [2.24, 2.45) is 0 Å². The van der Waals surface area contributed by atoms with Crippen LogP contribution < -0.4 is 5.32 Å². The quantitative estimate of drug-likeness (QED) is 0.904. The molecule has 2 aromatic heterocycles. The Balaban J connectivity index is 1.97. The predicted octanol–water partition coefficient (Wildman–Crippen LogP) is 3.05. The van der Waals surface area contributed by atoms with E-state index >= 15 is 0 Å². The average molecular weight is 281 g/mol. The molecule has 0 atom stereocenters. The van der Waals surface area contributed by atoms with Crippen LogP contribution in [-0.4, -0.2) is 20.2 Å². The van der Waals surface area contributed by atoms with Crippen LogP contribution in [0.4, 0.5) is 14.7 Å². The van der Waals surface area contributed by atoms with Crippen LogP contribution in [0, 0.1) is 0 Å². The first-order valence-electron chi connectivity index (χ1n) is 6.26. The standard InChI is InChI=1S/C13H17F2N5/c1-13(2,3)9-5-4-8(6-16-9)7-17-12-18-11(10(14)15)19-20-12/h4-6,10H,7H2,1-3H3,(H2,17,18,19,20). The van der Waals surface area contributed by atoms with Crippen LogP contribution in [-0.2, 0) is 12.0 Å². The minimum Gasteiger partial charge on any atom is -0.349 e. The van der Waals surface area contributed by atoms with E-state index in [4.69, 9.17) is 0 Å². The highest BCUT2D eigenvalue weighted by molar-refractivity contribution is 5.27. The number of nitrogens with zero attached hydrogens (tertiary/aromatic N) is 3. The summed E-state index contributed by atoms with van der Waals surface area (Å²) in [7, 11) is 0. The van der Waals surface area contributed by atoms with Gasteiger partial charge in [0.25, 0.3) is 6.43 Å².